The van der Waals surface area contributed by atoms with E-state index < -0.39 is 35.6 Å². The maximum Gasteiger partial charge on any atom is 0.408 e. The molecule has 202 valence electrons. The number of rotatable bonds is 9. The Kier molecular flexibility index (Phi) is 10.3. The Bertz CT molecular complexity index is 1090. The number of benzene rings is 2. The minimum Gasteiger partial charge on any atom is -0.444 e. The maximum atomic E-state index is 13.9. The highest BCUT2D eigenvalue weighted by Gasteiger charge is 2.37. The van der Waals surface area contributed by atoms with E-state index >= 15 is 0 Å². The standard InChI is InChI=1S/C29H41N3O5/c1-18(2)23(31-28(36)37-29(6,7)8)27(35)32(15-16-33)25(22-14-9-11-19(3)17-22)26(34)30-24-20(4)12-10-13-21(24)5/h9-14,17-18,23,25,33H,15-16H2,1-8H3,(H,30,34)(H,31,36). The van der Waals surface area contributed by atoms with Gasteiger partial charge in [-0.2, -0.15) is 0 Å². The fourth-order valence-corrected chi connectivity index (χ4v) is 4.12. The molecule has 0 fully saturated rings. The average molecular weight is 512 g/mol. The minimum atomic E-state index is -1.04. The lowest BCUT2D eigenvalue weighted by atomic mass is 9.97. The predicted molar refractivity (Wildman–Crippen MR) is 145 cm³/mol. The first-order valence-electron chi connectivity index (χ1n) is 12.6. The van der Waals surface area contributed by atoms with Gasteiger partial charge in [-0.15, -0.1) is 0 Å². The second kappa shape index (κ2) is 12.7. The topological polar surface area (TPSA) is 108 Å². The van der Waals surface area contributed by atoms with Crippen molar-refractivity contribution in [2.45, 2.75) is 73.1 Å². The summed E-state index contributed by atoms with van der Waals surface area (Å²) in [7, 11) is 0. The van der Waals surface area contributed by atoms with Gasteiger partial charge in [0, 0.05) is 12.2 Å². The molecule has 2 aromatic carbocycles. The number of hydrogen-bond donors (Lipinski definition) is 3. The van der Waals surface area contributed by atoms with E-state index in [1.165, 1.54) is 4.90 Å². The van der Waals surface area contributed by atoms with Crippen LogP contribution in [0.4, 0.5) is 10.5 Å². The lowest BCUT2D eigenvalue weighted by molar-refractivity contribution is -0.142. The second-order valence-electron chi connectivity index (χ2n) is 10.7. The number of alkyl carbamates (subject to hydrolysis) is 1. The van der Waals surface area contributed by atoms with Crippen molar-refractivity contribution in [3.8, 4) is 0 Å². The van der Waals surface area contributed by atoms with Crippen molar-refractivity contribution in [1.82, 2.24) is 10.2 Å². The van der Waals surface area contributed by atoms with Crippen LogP contribution >= 0.6 is 0 Å². The molecule has 0 saturated heterocycles. The van der Waals surface area contributed by atoms with E-state index in [0.717, 1.165) is 16.7 Å². The lowest BCUT2D eigenvalue weighted by Crippen LogP contribution is -2.55. The first kappa shape index (κ1) is 29.8. The number of nitrogens with one attached hydrogen (secondary N) is 2. The first-order valence-corrected chi connectivity index (χ1v) is 12.6. The van der Waals surface area contributed by atoms with Gasteiger partial charge < -0.3 is 25.4 Å². The number of hydrogen-bond acceptors (Lipinski definition) is 5. The van der Waals surface area contributed by atoms with E-state index in [2.05, 4.69) is 10.6 Å². The van der Waals surface area contributed by atoms with Crippen molar-refractivity contribution in [1.29, 1.82) is 0 Å². The highest BCUT2D eigenvalue weighted by atomic mass is 16.6. The summed E-state index contributed by atoms with van der Waals surface area (Å²) in [4.78, 5) is 41.7. The van der Waals surface area contributed by atoms with E-state index in [1.54, 1.807) is 40.7 Å². The van der Waals surface area contributed by atoms with Gasteiger partial charge in [-0.3, -0.25) is 9.59 Å². The molecule has 2 unspecified atom stereocenters. The van der Waals surface area contributed by atoms with Crippen LogP contribution in [0.2, 0.25) is 0 Å². The Morgan fingerprint density at radius 1 is 1.00 bits per heavy atom. The van der Waals surface area contributed by atoms with Gasteiger partial charge in [-0.25, -0.2) is 4.79 Å². The quantitative estimate of drug-likeness (QED) is 0.454. The number of nitrogens with zero attached hydrogens (tertiary/aromatic N) is 1. The summed E-state index contributed by atoms with van der Waals surface area (Å²) in [5.41, 5.74) is 3.24. The monoisotopic (exact) mass is 511 g/mol. The van der Waals surface area contributed by atoms with Crippen molar-refractivity contribution >= 4 is 23.6 Å². The van der Waals surface area contributed by atoms with Crippen LogP contribution < -0.4 is 10.6 Å². The summed E-state index contributed by atoms with van der Waals surface area (Å²) in [5, 5.41) is 15.6. The SMILES string of the molecule is Cc1cccc(C(C(=O)Nc2c(C)cccc2C)N(CCO)C(=O)C(NC(=O)OC(C)(C)C)C(C)C)c1. The zero-order chi connectivity index (χ0) is 27.9. The van der Waals surface area contributed by atoms with E-state index in [-0.39, 0.29) is 19.1 Å². The number of para-hydroxylation sites is 1. The van der Waals surface area contributed by atoms with Crippen molar-refractivity contribution in [2.75, 3.05) is 18.5 Å². The van der Waals surface area contributed by atoms with Crippen LogP contribution in [0.15, 0.2) is 42.5 Å². The largest absolute Gasteiger partial charge is 0.444 e. The van der Waals surface area contributed by atoms with Crippen molar-refractivity contribution in [3.63, 3.8) is 0 Å². The zero-order valence-corrected chi connectivity index (χ0v) is 23.2. The Hall–Kier alpha value is -3.39. The van der Waals surface area contributed by atoms with E-state index in [9.17, 15) is 19.5 Å². The van der Waals surface area contributed by atoms with Crippen LogP contribution in [0.25, 0.3) is 0 Å². The number of ether oxygens (including phenoxy) is 1. The molecule has 2 aromatic rings. The van der Waals surface area contributed by atoms with Crippen molar-refractivity contribution in [3.05, 3.63) is 64.7 Å². The number of aliphatic hydroxyl groups is 1. The summed E-state index contributed by atoms with van der Waals surface area (Å²) >= 11 is 0. The molecule has 0 spiro atoms. The fraction of sp³-hybridized carbons (Fsp3) is 0.483. The predicted octanol–water partition coefficient (Wildman–Crippen LogP) is 4.66. The molecule has 0 aromatic heterocycles. The number of carbonyl (C=O) groups excluding carboxylic acids is 3. The van der Waals surface area contributed by atoms with Crippen LogP contribution in [0, 0.1) is 26.7 Å². The molecule has 0 bridgehead atoms. The normalized spacial score (nSPS) is 13.0. The Morgan fingerprint density at radius 3 is 2.11 bits per heavy atom. The molecule has 0 aliphatic carbocycles. The summed E-state index contributed by atoms with van der Waals surface area (Å²) in [6, 6.07) is 11.1. The third-order valence-electron chi connectivity index (χ3n) is 5.88. The molecule has 8 heteroatoms. The van der Waals surface area contributed by atoms with Gasteiger partial charge in [0.1, 0.15) is 17.7 Å². The van der Waals surface area contributed by atoms with Crippen molar-refractivity contribution in [2.24, 2.45) is 5.92 Å². The molecule has 0 radical (unpaired) electrons. The van der Waals surface area contributed by atoms with Crippen LogP contribution in [-0.2, 0) is 14.3 Å². The number of anilines is 1. The van der Waals surface area contributed by atoms with E-state index in [4.69, 9.17) is 4.74 Å². The Morgan fingerprint density at radius 2 is 1.59 bits per heavy atom. The van der Waals surface area contributed by atoms with Gasteiger partial charge in [0.15, 0.2) is 0 Å². The molecule has 37 heavy (non-hydrogen) atoms. The second-order valence-corrected chi connectivity index (χ2v) is 10.7. The molecular formula is C29H41N3O5. The van der Waals surface area contributed by atoms with E-state index in [0.29, 0.717) is 11.3 Å². The maximum absolute atomic E-state index is 13.9. The van der Waals surface area contributed by atoms with E-state index in [1.807, 2.05) is 57.2 Å². The molecule has 2 rings (SSSR count). The number of carbonyl (C=O) groups is 3. The molecule has 3 N–H and O–H groups in total. The van der Waals surface area contributed by atoms with Crippen LogP contribution in [0.5, 0.6) is 0 Å². The smallest absolute Gasteiger partial charge is 0.408 e. The molecule has 8 nitrogen and oxygen atoms in total. The average Bonchev–Trinajstić information content (AvgIpc) is 2.78. The molecule has 2 atom stereocenters. The van der Waals surface area contributed by atoms with Crippen LogP contribution in [0.1, 0.15) is 62.9 Å². The van der Waals surface area contributed by atoms with Gasteiger partial charge in [0.25, 0.3) is 5.91 Å². The van der Waals surface area contributed by atoms with Crippen molar-refractivity contribution < 1.29 is 24.2 Å². The number of aliphatic hydroxyl groups excluding tert-OH is 1. The zero-order valence-electron chi connectivity index (χ0n) is 23.2. The highest BCUT2D eigenvalue weighted by molar-refractivity contribution is 6.00. The van der Waals surface area contributed by atoms with Gasteiger partial charge in [-0.05, 0) is 64.2 Å². The van der Waals surface area contributed by atoms with Gasteiger partial charge >= 0.3 is 6.09 Å². The fourth-order valence-electron chi connectivity index (χ4n) is 4.12. The molecule has 0 heterocycles. The minimum absolute atomic E-state index is 0.100. The summed E-state index contributed by atoms with van der Waals surface area (Å²) in [6.45, 7) is 14.1. The lowest BCUT2D eigenvalue weighted by Gasteiger charge is -2.35. The highest BCUT2D eigenvalue weighted by Crippen LogP contribution is 2.28. The number of aryl methyl sites for hydroxylation is 3. The molecule has 0 aliphatic heterocycles. The Balaban J connectivity index is 2.53. The van der Waals surface area contributed by atoms with Gasteiger partial charge in [0.05, 0.1) is 6.61 Å². The summed E-state index contributed by atoms with van der Waals surface area (Å²) in [6.07, 6.45) is -0.726. The van der Waals surface area contributed by atoms with Gasteiger partial charge in [0.2, 0.25) is 5.91 Å². The van der Waals surface area contributed by atoms with Crippen LogP contribution in [-0.4, -0.2) is 52.7 Å². The third kappa shape index (κ3) is 8.32. The third-order valence-corrected chi connectivity index (χ3v) is 5.88. The molecule has 0 aliphatic rings. The molecule has 0 saturated carbocycles. The first-order chi connectivity index (χ1) is 17.2. The Labute approximate surface area is 220 Å². The molecule has 3 amide bonds. The summed E-state index contributed by atoms with van der Waals surface area (Å²) < 4.78 is 5.37. The van der Waals surface area contributed by atoms with Gasteiger partial charge in [-0.1, -0.05) is 61.9 Å². The number of amides is 3. The summed E-state index contributed by atoms with van der Waals surface area (Å²) in [5.74, 6) is -1.20. The molecular weight excluding hydrogens is 470 g/mol. The van der Waals surface area contributed by atoms with Crippen LogP contribution in [0.3, 0.4) is 0 Å².